The summed E-state index contributed by atoms with van der Waals surface area (Å²) in [5, 5.41) is 0. The molecule has 0 saturated heterocycles. The fraction of sp³-hybridized carbons (Fsp3) is 0.211. The normalized spacial score (nSPS) is 10.6. The topological polar surface area (TPSA) is 44.8 Å². The minimum absolute atomic E-state index is 0.397. The first-order valence-electron chi connectivity index (χ1n) is 7.68. The van der Waals surface area contributed by atoms with Gasteiger partial charge in [-0.2, -0.15) is 0 Å². The molecule has 0 bridgehead atoms. The SMILES string of the molecule is CCOc1ccc(Br)cc1/C=C/C(=O)Oc1ccccc1OCC. The van der Waals surface area contributed by atoms with Crippen LogP contribution in [0.2, 0.25) is 0 Å². The largest absolute Gasteiger partial charge is 0.493 e. The average Bonchev–Trinajstić information content (AvgIpc) is 2.57. The number of halogens is 1. The zero-order valence-electron chi connectivity index (χ0n) is 13.6. The summed E-state index contributed by atoms with van der Waals surface area (Å²) < 4.78 is 17.2. The van der Waals surface area contributed by atoms with Gasteiger partial charge in [-0.1, -0.05) is 28.1 Å². The van der Waals surface area contributed by atoms with E-state index in [2.05, 4.69) is 15.9 Å². The van der Waals surface area contributed by atoms with Crippen LogP contribution in [-0.2, 0) is 4.79 Å². The first-order chi connectivity index (χ1) is 11.6. The van der Waals surface area contributed by atoms with Gasteiger partial charge in [0, 0.05) is 16.1 Å². The molecule has 0 N–H and O–H groups in total. The van der Waals surface area contributed by atoms with Crippen molar-refractivity contribution in [3.63, 3.8) is 0 Å². The molecule has 5 heteroatoms. The van der Waals surface area contributed by atoms with E-state index in [1.54, 1.807) is 24.3 Å². The maximum atomic E-state index is 12.1. The zero-order chi connectivity index (χ0) is 17.4. The van der Waals surface area contributed by atoms with Gasteiger partial charge in [0.2, 0.25) is 0 Å². The van der Waals surface area contributed by atoms with Gasteiger partial charge in [-0.3, -0.25) is 0 Å². The molecule has 0 unspecified atom stereocenters. The van der Waals surface area contributed by atoms with E-state index < -0.39 is 5.97 Å². The molecule has 24 heavy (non-hydrogen) atoms. The molecular formula is C19H19BrO4. The van der Waals surface area contributed by atoms with Crippen molar-refractivity contribution in [1.82, 2.24) is 0 Å². The Labute approximate surface area is 150 Å². The Hall–Kier alpha value is -2.27. The minimum Gasteiger partial charge on any atom is -0.493 e. The predicted molar refractivity (Wildman–Crippen MR) is 97.6 cm³/mol. The Bertz CT molecular complexity index is 725. The number of hydrogen-bond donors (Lipinski definition) is 0. The maximum Gasteiger partial charge on any atom is 0.336 e. The van der Waals surface area contributed by atoms with Gasteiger partial charge in [-0.25, -0.2) is 4.79 Å². The summed E-state index contributed by atoms with van der Waals surface area (Å²) in [5.41, 5.74) is 0.793. The van der Waals surface area contributed by atoms with Crippen molar-refractivity contribution < 1.29 is 19.0 Å². The third kappa shape index (κ3) is 5.13. The van der Waals surface area contributed by atoms with Crippen molar-refractivity contribution in [2.75, 3.05) is 13.2 Å². The highest BCUT2D eigenvalue weighted by atomic mass is 79.9. The first kappa shape index (κ1) is 18.1. The highest BCUT2D eigenvalue weighted by Gasteiger charge is 2.08. The Morgan fingerprint density at radius 1 is 1.00 bits per heavy atom. The van der Waals surface area contributed by atoms with E-state index in [1.807, 2.05) is 38.1 Å². The number of benzene rings is 2. The van der Waals surface area contributed by atoms with Crippen LogP contribution in [0.3, 0.4) is 0 Å². The molecule has 0 aliphatic rings. The molecule has 0 aliphatic heterocycles. The van der Waals surface area contributed by atoms with Crippen LogP contribution in [-0.4, -0.2) is 19.2 Å². The lowest BCUT2D eigenvalue weighted by molar-refractivity contribution is -0.129. The standard InChI is InChI=1S/C19H19BrO4/c1-3-22-16-11-10-15(20)13-14(16)9-12-19(21)24-18-8-6-5-7-17(18)23-4-2/h5-13H,3-4H2,1-2H3/b12-9+. The van der Waals surface area contributed by atoms with Crippen LogP contribution in [0.4, 0.5) is 0 Å². The van der Waals surface area contributed by atoms with Crippen molar-refractivity contribution in [2.24, 2.45) is 0 Å². The molecule has 0 fully saturated rings. The third-order valence-corrected chi connectivity index (χ3v) is 3.52. The fourth-order valence-corrected chi connectivity index (χ4v) is 2.42. The number of esters is 1. The van der Waals surface area contributed by atoms with E-state index in [9.17, 15) is 4.79 Å². The highest BCUT2D eigenvalue weighted by molar-refractivity contribution is 9.10. The lowest BCUT2D eigenvalue weighted by Gasteiger charge is -2.09. The maximum absolute atomic E-state index is 12.1. The van der Waals surface area contributed by atoms with Gasteiger partial charge in [0.15, 0.2) is 11.5 Å². The molecule has 0 saturated carbocycles. The number of ether oxygens (including phenoxy) is 3. The zero-order valence-corrected chi connectivity index (χ0v) is 15.2. The second-order valence-corrected chi connectivity index (χ2v) is 5.67. The summed E-state index contributed by atoms with van der Waals surface area (Å²) in [6.07, 6.45) is 3.04. The second kappa shape index (κ2) is 9.13. The minimum atomic E-state index is -0.482. The van der Waals surface area contributed by atoms with E-state index in [-0.39, 0.29) is 0 Å². The summed E-state index contributed by atoms with van der Waals surface area (Å²) in [4.78, 5) is 12.1. The molecule has 0 aromatic heterocycles. The van der Waals surface area contributed by atoms with Gasteiger partial charge in [-0.15, -0.1) is 0 Å². The van der Waals surface area contributed by atoms with Crippen LogP contribution >= 0.6 is 15.9 Å². The molecule has 2 aromatic rings. The van der Waals surface area contributed by atoms with Crippen molar-refractivity contribution in [3.8, 4) is 17.2 Å². The molecule has 0 aliphatic carbocycles. The van der Waals surface area contributed by atoms with Crippen molar-refractivity contribution in [1.29, 1.82) is 0 Å². The van der Waals surface area contributed by atoms with Crippen LogP contribution in [0.1, 0.15) is 19.4 Å². The molecule has 0 radical (unpaired) electrons. The molecule has 2 rings (SSSR count). The number of carbonyl (C=O) groups excluding carboxylic acids is 1. The van der Waals surface area contributed by atoms with Gasteiger partial charge < -0.3 is 14.2 Å². The number of rotatable bonds is 7. The van der Waals surface area contributed by atoms with E-state index in [0.29, 0.717) is 30.5 Å². The Balaban J connectivity index is 2.13. The lowest BCUT2D eigenvalue weighted by atomic mass is 10.2. The lowest BCUT2D eigenvalue weighted by Crippen LogP contribution is -2.05. The van der Waals surface area contributed by atoms with Crippen molar-refractivity contribution in [2.45, 2.75) is 13.8 Å². The second-order valence-electron chi connectivity index (χ2n) is 4.75. The quantitative estimate of drug-likeness (QED) is 0.384. The van der Waals surface area contributed by atoms with Gasteiger partial charge in [0.1, 0.15) is 5.75 Å². The Morgan fingerprint density at radius 3 is 2.38 bits per heavy atom. The van der Waals surface area contributed by atoms with Crippen molar-refractivity contribution in [3.05, 3.63) is 58.6 Å². The molecule has 0 atom stereocenters. The van der Waals surface area contributed by atoms with E-state index in [1.165, 1.54) is 6.08 Å². The number of carbonyl (C=O) groups is 1. The third-order valence-electron chi connectivity index (χ3n) is 3.03. The molecule has 2 aromatic carbocycles. The summed E-state index contributed by atoms with van der Waals surface area (Å²) in [5.74, 6) is 1.16. The smallest absolute Gasteiger partial charge is 0.336 e. The summed E-state index contributed by atoms with van der Waals surface area (Å²) in [7, 11) is 0. The highest BCUT2D eigenvalue weighted by Crippen LogP contribution is 2.27. The first-order valence-corrected chi connectivity index (χ1v) is 8.47. The predicted octanol–water partition coefficient (Wildman–Crippen LogP) is 4.87. The molecule has 0 amide bonds. The van der Waals surface area contributed by atoms with Gasteiger partial charge >= 0.3 is 5.97 Å². The van der Waals surface area contributed by atoms with Crippen LogP contribution in [0.5, 0.6) is 17.2 Å². The van der Waals surface area contributed by atoms with E-state index in [4.69, 9.17) is 14.2 Å². The summed E-state index contributed by atoms with van der Waals surface area (Å²) in [6, 6.07) is 12.7. The molecule has 4 nitrogen and oxygen atoms in total. The number of hydrogen-bond acceptors (Lipinski definition) is 4. The van der Waals surface area contributed by atoms with Gasteiger partial charge in [-0.05, 0) is 50.3 Å². The molecule has 126 valence electrons. The van der Waals surface area contributed by atoms with E-state index >= 15 is 0 Å². The van der Waals surface area contributed by atoms with E-state index in [0.717, 1.165) is 10.0 Å². The molecule has 0 spiro atoms. The summed E-state index contributed by atoms with van der Waals surface area (Å²) in [6.45, 7) is 4.84. The van der Waals surface area contributed by atoms with Crippen LogP contribution in [0.25, 0.3) is 6.08 Å². The Kier molecular flexibility index (Phi) is 6.88. The molecular weight excluding hydrogens is 372 g/mol. The monoisotopic (exact) mass is 390 g/mol. The van der Waals surface area contributed by atoms with Gasteiger partial charge in [0.25, 0.3) is 0 Å². The van der Waals surface area contributed by atoms with Crippen LogP contribution in [0.15, 0.2) is 53.0 Å². The number of para-hydroxylation sites is 2. The van der Waals surface area contributed by atoms with Gasteiger partial charge in [0.05, 0.1) is 13.2 Å². The fourth-order valence-electron chi connectivity index (χ4n) is 2.05. The van der Waals surface area contributed by atoms with Crippen molar-refractivity contribution >= 4 is 28.0 Å². The molecule has 0 heterocycles. The average molecular weight is 391 g/mol. The van der Waals surface area contributed by atoms with Crippen LogP contribution in [0, 0.1) is 0 Å². The Morgan fingerprint density at radius 2 is 1.67 bits per heavy atom. The summed E-state index contributed by atoms with van der Waals surface area (Å²) >= 11 is 3.41. The van der Waals surface area contributed by atoms with Crippen LogP contribution < -0.4 is 14.2 Å².